The van der Waals surface area contributed by atoms with Gasteiger partial charge in [0.1, 0.15) is 0 Å². The number of hydrogen-bond acceptors (Lipinski definition) is 2. The van der Waals surface area contributed by atoms with Crippen molar-refractivity contribution in [3.8, 4) is 11.6 Å². The second kappa shape index (κ2) is 7.05. The van der Waals surface area contributed by atoms with E-state index < -0.39 is 0 Å². The van der Waals surface area contributed by atoms with Crippen LogP contribution in [0.15, 0.2) is 115 Å². The van der Waals surface area contributed by atoms with Crippen molar-refractivity contribution in [3.05, 3.63) is 115 Å². The normalized spacial score (nSPS) is 12.0. The van der Waals surface area contributed by atoms with E-state index in [0.717, 1.165) is 22.7 Å². The maximum atomic E-state index is 5.18. The number of thiophene rings is 1. The Morgan fingerprint density at radius 2 is 1.23 bits per heavy atom. The minimum atomic E-state index is 0.907. The van der Waals surface area contributed by atoms with E-state index in [1.807, 2.05) is 11.3 Å². The molecule has 35 heavy (non-hydrogen) atoms. The second-order valence-electron chi connectivity index (χ2n) is 8.86. The molecule has 8 rings (SSSR count). The van der Waals surface area contributed by atoms with Crippen LogP contribution in [-0.4, -0.2) is 14.1 Å². The molecule has 0 amide bonds. The fourth-order valence-corrected chi connectivity index (χ4v) is 6.70. The molecule has 3 aromatic heterocycles. The molecule has 5 aromatic carbocycles. The molecule has 0 aliphatic rings. The molecule has 0 bridgehead atoms. The predicted molar refractivity (Wildman–Crippen MR) is 148 cm³/mol. The first-order valence-corrected chi connectivity index (χ1v) is 12.6. The Balaban J connectivity index is 1.58. The fourth-order valence-electron chi connectivity index (χ4n) is 5.45. The molecule has 0 spiro atoms. The summed E-state index contributed by atoms with van der Waals surface area (Å²) in [6.45, 7) is 0. The van der Waals surface area contributed by atoms with Crippen LogP contribution in [0.25, 0.3) is 64.6 Å². The third-order valence-corrected chi connectivity index (χ3v) is 8.14. The van der Waals surface area contributed by atoms with Crippen LogP contribution >= 0.6 is 11.3 Å². The quantitative estimate of drug-likeness (QED) is 0.251. The van der Waals surface area contributed by atoms with Crippen LogP contribution in [0.4, 0.5) is 0 Å². The van der Waals surface area contributed by atoms with E-state index in [-0.39, 0.29) is 0 Å². The minimum absolute atomic E-state index is 0.907. The van der Waals surface area contributed by atoms with Crippen LogP contribution in [0.3, 0.4) is 0 Å². The summed E-state index contributed by atoms with van der Waals surface area (Å²) in [5, 5.41) is 5.19. The predicted octanol–water partition coefficient (Wildman–Crippen LogP) is 8.49. The van der Waals surface area contributed by atoms with E-state index in [0.29, 0.717) is 0 Å². The van der Waals surface area contributed by atoms with Gasteiger partial charge in [-0.25, -0.2) is 4.98 Å². The number of benzene rings is 5. The van der Waals surface area contributed by atoms with Gasteiger partial charge in [0.15, 0.2) is 0 Å². The van der Waals surface area contributed by atoms with Crippen LogP contribution in [0, 0.1) is 0 Å². The summed E-state index contributed by atoms with van der Waals surface area (Å²) in [5.74, 6) is 0.907. The lowest BCUT2D eigenvalue weighted by molar-refractivity contribution is 0.956. The molecule has 0 radical (unpaired) electrons. The van der Waals surface area contributed by atoms with E-state index in [1.54, 1.807) is 0 Å². The summed E-state index contributed by atoms with van der Waals surface area (Å²) >= 11 is 1.88. The Morgan fingerprint density at radius 1 is 0.514 bits per heavy atom. The summed E-state index contributed by atoms with van der Waals surface area (Å²) in [7, 11) is 0. The summed E-state index contributed by atoms with van der Waals surface area (Å²) in [5.41, 5.74) is 5.53. The van der Waals surface area contributed by atoms with Crippen molar-refractivity contribution in [3.63, 3.8) is 0 Å². The molecule has 0 saturated heterocycles. The molecule has 0 N–H and O–H groups in total. The summed E-state index contributed by atoms with van der Waals surface area (Å²) in [6.07, 6.45) is 0. The number of rotatable bonds is 2. The molecule has 0 atom stereocenters. The summed E-state index contributed by atoms with van der Waals surface area (Å²) in [6, 6.07) is 40.9. The van der Waals surface area contributed by atoms with Gasteiger partial charge in [0.05, 0.1) is 22.1 Å². The molecule has 0 aliphatic heterocycles. The lowest BCUT2D eigenvalue weighted by atomic mass is 10.1. The van der Waals surface area contributed by atoms with Gasteiger partial charge in [-0.15, -0.1) is 11.3 Å². The van der Waals surface area contributed by atoms with E-state index in [1.165, 1.54) is 42.0 Å². The molecular formula is C31H19N3S. The summed E-state index contributed by atoms with van der Waals surface area (Å²) in [4.78, 5) is 5.18. The molecule has 164 valence electrons. The molecule has 0 aliphatic carbocycles. The van der Waals surface area contributed by atoms with E-state index in [2.05, 4.69) is 124 Å². The molecule has 0 unspecified atom stereocenters. The zero-order valence-corrected chi connectivity index (χ0v) is 19.5. The van der Waals surface area contributed by atoms with Crippen molar-refractivity contribution < 1.29 is 0 Å². The van der Waals surface area contributed by atoms with Crippen LogP contribution in [0.2, 0.25) is 0 Å². The van der Waals surface area contributed by atoms with Crippen molar-refractivity contribution in [2.24, 2.45) is 0 Å². The van der Waals surface area contributed by atoms with Gasteiger partial charge in [-0.2, -0.15) is 0 Å². The first-order chi connectivity index (χ1) is 17.4. The van der Waals surface area contributed by atoms with Crippen molar-refractivity contribution in [2.75, 3.05) is 0 Å². The Kier molecular flexibility index (Phi) is 3.82. The van der Waals surface area contributed by atoms with Gasteiger partial charge in [0, 0.05) is 36.6 Å². The van der Waals surface area contributed by atoms with Gasteiger partial charge in [0.2, 0.25) is 5.95 Å². The van der Waals surface area contributed by atoms with E-state index in [9.17, 15) is 0 Å². The van der Waals surface area contributed by atoms with Crippen molar-refractivity contribution in [1.29, 1.82) is 0 Å². The van der Waals surface area contributed by atoms with Gasteiger partial charge in [0.25, 0.3) is 0 Å². The third-order valence-electron chi connectivity index (χ3n) is 6.94. The van der Waals surface area contributed by atoms with Crippen LogP contribution in [-0.2, 0) is 0 Å². The Morgan fingerprint density at radius 3 is 2.11 bits per heavy atom. The maximum Gasteiger partial charge on any atom is 0.220 e. The number of aromatic nitrogens is 3. The first kappa shape index (κ1) is 19.0. The molecule has 8 aromatic rings. The Labute approximate surface area is 205 Å². The van der Waals surface area contributed by atoms with Crippen LogP contribution in [0.5, 0.6) is 0 Å². The smallest absolute Gasteiger partial charge is 0.220 e. The Bertz CT molecular complexity index is 2060. The average molecular weight is 466 g/mol. The van der Waals surface area contributed by atoms with Crippen molar-refractivity contribution in [2.45, 2.75) is 0 Å². The average Bonchev–Trinajstić information content (AvgIpc) is 3.58. The number of para-hydroxylation sites is 4. The van der Waals surface area contributed by atoms with Gasteiger partial charge in [-0.3, -0.25) is 9.13 Å². The van der Waals surface area contributed by atoms with Crippen LogP contribution < -0.4 is 0 Å². The van der Waals surface area contributed by atoms with E-state index in [4.69, 9.17) is 4.98 Å². The van der Waals surface area contributed by atoms with Gasteiger partial charge in [-0.1, -0.05) is 72.8 Å². The largest absolute Gasteiger partial charge is 0.279 e. The number of nitrogens with zero attached hydrogens (tertiary/aromatic N) is 3. The summed E-state index contributed by atoms with van der Waals surface area (Å²) < 4.78 is 7.27. The zero-order valence-electron chi connectivity index (χ0n) is 18.7. The fraction of sp³-hybridized carbons (Fsp3) is 0. The second-order valence-corrected chi connectivity index (χ2v) is 9.91. The SMILES string of the molecule is c1ccc(-n2c(-n3c4ccccc4c4c5sc6ccccc6c5ccc43)nc3ccccc32)cc1. The topological polar surface area (TPSA) is 22.8 Å². The molecule has 0 saturated carbocycles. The van der Waals surface area contributed by atoms with Gasteiger partial charge < -0.3 is 0 Å². The highest BCUT2D eigenvalue weighted by atomic mass is 32.1. The lowest BCUT2D eigenvalue weighted by Crippen LogP contribution is -2.05. The highest BCUT2D eigenvalue weighted by molar-refractivity contribution is 7.26. The lowest BCUT2D eigenvalue weighted by Gasteiger charge is -2.12. The Hall–Kier alpha value is -4.41. The molecule has 3 heterocycles. The first-order valence-electron chi connectivity index (χ1n) is 11.8. The minimum Gasteiger partial charge on any atom is -0.279 e. The number of imidazole rings is 1. The van der Waals surface area contributed by atoms with Gasteiger partial charge in [-0.05, 0) is 42.5 Å². The van der Waals surface area contributed by atoms with Crippen LogP contribution in [0.1, 0.15) is 0 Å². The highest BCUT2D eigenvalue weighted by Crippen LogP contribution is 2.43. The molecule has 0 fully saturated rings. The molecular weight excluding hydrogens is 446 g/mol. The third kappa shape index (κ3) is 2.57. The highest BCUT2D eigenvalue weighted by Gasteiger charge is 2.21. The van der Waals surface area contributed by atoms with E-state index >= 15 is 0 Å². The molecule has 3 nitrogen and oxygen atoms in total. The zero-order chi connectivity index (χ0) is 22.9. The number of hydrogen-bond donors (Lipinski definition) is 0. The molecule has 4 heteroatoms. The monoisotopic (exact) mass is 465 g/mol. The number of fused-ring (bicyclic) bond motifs is 8. The maximum absolute atomic E-state index is 5.18. The standard InChI is InChI=1S/C31H19N3S/c1-2-10-20(11-3-1)33-26-16-8-6-14-24(26)32-31(33)34-25-15-7-4-13-23(25)29-27(34)19-18-22-21-12-5-9-17-28(21)35-30(22)29/h1-19H. The van der Waals surface area contributed by atoms with Crippen molar-refractivity contribution >= 4 is 64.3 Å². The van der Waals surface area contributed by atoms with Crippen molar-refractivity contribution in [1.82, 2.24) is 14.1 Å². The van der Waals surface area contributed by atoms with Gasteiger partial charge >= 0.3 is 0 Å².